The van der Waals surface area contributed by atoms with E-state index in [1.807, 2.05) is 11.3 Å². The first-order chi connectivity index (χ1) is 20.8. The summed E-state index contributed by atoms with van der Waals surface area (Å²) >= 11 is 1.87. The summed E-state index contributed by atoms with van der Waals surface area (Å²) in [7, 11) is 0. The van der Waals surface area contributed by atoms with Crippen molar-refractivity contribution in [2.24, 2.45) is 0 Å². The van der Waals surface area contributed by atoms with Crippen molar-refractivity contribution in [3.63, 3.8) is 0 Å². The van der Waals surface area contributed by atoms with Crippen molar-refractivity contribution in [2.75, 3.05) is 5.01 Å². The number of hydrogen-bond donors (Lipinski definition) is 0. The van der Waals surface area contributed by atoms with E-state index in [2.05, 4.69) is 166 Å². The monoisotopic (exact) mass is 555 g/mol. The number of anilines is 2. The van der Waals surface area contributed by atoms with E-state index in [0.717, 1.165) is 17.1 Å². The highest BCUT2D eigenvalue weighted by atomic mass is 32.1. The van der Waals surface area contributed by atoms with Crippen LogP contribution in [-0.4, -0.2) is 9.24 Å². The van der Waals surface area contributed by atoms with E-state index in [9.17, 15) is 0 Å². The Morgan fingerprint density at radius 1 is 0.452 bits per heavy atom. The van der Waals surface area contributed by atoms with Crippen LogP contribution in [0.3, 0.4) is 0 Å². The smallest absolute Gasteiger partial charge is 0.0737 e. The summed E-state index contributed by atoms with van der Waals surface area (Å²) in [5, 5.41) is 8.72. The zero-order valence-electron chi connectivity index (χ0n) is 22.7. The highest BCUT2D eigenvalue weighted by Crippen LogP contribution is 2.42. The number of benzene rings is 6. The molecule has 0 N–H and O–H groups in total. The molecule has 6 aromatic carbocycles. The quantitative estimate of drug-likeness (QED) is 0.210. The van der Waals surface area contributed by atoms with Gasteiger partial charge in [0.2, 0.25) is 0 Å². The SMILES string of the molecule is c1ccc(N(c2ccccc2)n2c3cc4sc5ccccc5c4cc3c3cc4ccn(-c5ccccc5)c4cc32)cc1. The molecule has 0 aliphatic heterocycles. The van der Waals surface area contributed by atoms with Crippen LogP contribution >= 0.6 is 11.3 Å². The summed E-state index contributed by atoms with van der Waals surface area (Å²) in [5.74, 6) is 0. The fourth-order valence-corrected chi connectivity index (χ4v) is 7.51. The number of rotatable bonds is 4. The predicted octanol–water partition coefficient (Wildman–Crippen LogP) is 10.7. The number of aromatic nitrogens is 2. The maximum absolute atomic E-state index is 2.42. The molecule has 0 fully saturated rings. The van der Waals surface area contributed by atoms with Gasteiger partial charge < -0.3 is 4.57 Å². The number of hydrogen-bond acceptors (Lipinski definition) is 2. The molecule has 0 aliphatic carbocycles. The van der Waals surface area contributed by atoms with Gasteiger partial charge in [-0.25, -0.2) is 9.69 Å². The summed E-state index contributed by atoms with van der Waals surface area (Å²) in [5.41, 5.74) is 6.92. The molecule has 3 aromatic heterocycles. The molecule has 3 nitrogen and oxygen atoms in total. The molecule has 0 bridgehead atoms. The Balaban J connectivity index is 1.45. The Kier molecular flexibility index (Phi) is 5.07. The molecular weight excluding hydrogens is 531 g/mol. The first kappa shape index (κ1) is 23.4. The van der Waals surface area contributed by atoms with Crippen molar-refractivity contribution in [2.45, 2.75) is 0 Å². The van der Waals surface area contributed by atoms with Gasteiger partial charge >= 0.3 is 0 Å². The Morgan fingerprint density at radius 3 is 1.81 bits per heavy atom. The zero-order valence-corrected chi connectivity index (χ0v) is 23.5. The molecule has 4 heteroatoms. The van der Waals surface area contributed by atoms with Crippen LogP contribution in [0, 0.1) is 0 Å². The van der Waals surface area contributed by atoms with E-state index in [0.29, 0.717) is 0 Å². The number of para-hydroxylation sites is 3. The van der Waals surface area contributed by atoms with Gasteiger partial charge in [0.15, 0.2) is 0 Å². The molecule has 3 heterocycles. The maximum atomic E-state index is 2.42. The van der Waals surface area contributed by atoms with Crippen LogP contribution in [0.1, 0.15) is 0 Å². The van der Waals surface area contributed by atoms with E-state index < -0.39 is 0 Å². The van der Waals surface area contributed by atoms with E-state index in [-0.39, 0.29) is 0 Å². The average molecular weight is 556 g/mol. The second kappa shape index (κ2) is 9.10. The Bertz CT molecular complexity index is 2360. The lowest BCUT2D eigenvalue weighted by atomic mass is 10.1. The minimum atomic E-state index is 1.11. The van der Waals surface area contributed by atoms with E-state index in [4.69, 9.17) is 0 Å². The topological polar surface area (TPSA) is 13.1 Å². The molecule has 42 heavy (non-hydrogen) atoms. The first-order valence-electron chi connectivity index (χ1n) is 14.2. The van der Waals surface area contributed by atoms with Crippen LogP contribution in [-0.2, 0) is 0 Å². The fraction of sp³-hybridized carbons (Fsp3) is 0. The molecule has 0 saturated heterocycles. The molecule has 0 unspecified atom stereocenters. The minimum Gasteiger partial charge on any atom is -0.316 e. The molecule has 0 amide bonds. The van der Waals surface area contributed by atoms with E-state index in [1.54, 1.807) is 0 Å². The third-order valence-electron chi connectivity index (χ3n) is 8.29. The van der Waals surface area contributed by atoms with Crippen LogP contribution in [0.5, 0.6) is 0 Å². The van der Waals surface area contributed by atoms with Crippen molar-refractivity contribution in [1.82, 2.24) is 9.24 Å². The van der Waals surface area contributed by atoms with Gasteiger partial charge in [0, 0.05) is 48.2 Å². The van der Waals surface area contributed by atoms with Crippen molar-refractivity contribution in [1.29, 1.82) is 0 Å². The zero-order chi connectivity index (χ0) is 27.6. The van der Waals surface area contributed by atoms with Crippen molar-refractivity contribution in [3.8, 4) is 5.69 Å². The van der Waals surface area contributed by atoms with Gasteiger partial charge in [0.25, 0.3) is 0 Å². The summed E-state index contributed by atoms with van der Waals surface area (Å²) in [6, 6.07) is 52.5. The lowest BCUT2D eigenvalue weighted by molar-refractivity contribution is 0.887. The van der Waals surface area contributed by atoms with Gasteiger partial charge in [-0.1, -0.05) is 72.8 Å². The molecule has 0 saturated carbocycles. The van der Waals surface area contributed by atoms with Crippen molar-refractivity contribution in [3.05, 3.63) is 152 Å². The molecule has 0 radical (unpaired) electrons. The van der Waals surface area contributed by atoms with Gasteiger partial charge in [-0.05, 0) is 72.8 Å². The highest BCUT2D eigenvalue weighted by molar-refractivity contribution is 7.25. The third-order valence-corrected chi connectivity index (χ3v) is 9.42. The van der Waals surface area contributed by atoms with Crippen LogP contribution in [0.15, 0.2) is 152 Å². The molecule has 9 rings (SSSR count). The number of fused-ring (bicyclic) bond motifs is 7. The van der Waals surface area contributed by atoms with Gasteiger partial charge in [-0.2, -0.15) is 0 Å². The Morgan fingerprint density at radius 2 is 1.07 bits per heavy atom. The van der Waals surface area contributed by atoms with Gasteiger partial charge in [-0.15, -0.1) is 11.3 Å². The summed E-state index contributed by atoms with van der Waals surface area (Å²) in [4.78, 5) is 0. The molecule has 0 atom stereocenters. The molecule has 9 aromatic rings. The molecule has 0 aliphatic rings. The van der Waals surface area contributed by atoms with Crippen LogP contribution in [0.4, 0.5) is 11.4 Å². The first-order valence-corrected chi connectivity index (χ1v) is 15.0. The lowest BCUT2D eigenvalue weighted by Gasteiger charge is -2.28. The van der Waals surface area contributed by atoms with Gasteiger partial charge in [-0.3, -0.25) is 0 Å². The lowest BCUT2D eigenvalue weighted by Crippen LogP contribution is -2.23. The van der Waals surface area contributed by atoms with Crippen LogP contribution in [0.2, 0.25) is 0 Å². The minimum absolute atomic E-state index is 1.11. The second-order valence-corrected chi connectivity index (χ2v) is 11.8. The van der Waals surface area contributed by atoms with Crippen LogP contribution in [0.25, 0.3) is 58.6 Å². The van der Waals surface area contributed by atoms with E-state index >= 15 is 0 Å². The largest absolute Gasteiger partial charge is 0.316 e. The molecule has 0 spiro atoms. The fourth-order valence-electron chi connectivity index (χ4n) is 6.39. The summed E-state index contributed by atoms with van der Waals surface area (Å²) in [6.45, 7) is 0. The highest BCUT2D eigenvalue weighted by Gasteiger charge is 2.22. The molecule has 198 valence electrons. The Hall–Kier alpha value is -5.32. The van der Waals surface area contributed by atoms with Crippen LogP contribution < -0.4 is 5.01 Å². The average Bonchev–Trinajstić information content (AvgIpc) is 3.72. The molecular formula is C38H25N3S. The summed E-state index contributed by atoms with van der Waals surface area (Å²) < 4.78 is 7.33. The van der Waals surface area contributed by atoms with Crippen molar-refractivity contribution >= 4 is 75.6 Å². The standard InChI is InChI=1S/C38H25N3S/c1-4-12-27(13-5-1)39-21-20-26-22-31-32-23-33-30-18-10-11-19-37(30)42-38(33)25-36(32)41(35(31)24-34(26)39)40(28-14-6-2-7-15-28)29-16-8-3-9-17-29/h1-25H. The maximum Gasteiger partial charge on any atom is 0.0737 e. The normalized spacial score (nSPS) is 11.8. The summed E-state index contributed by atoms with van der Waals surface area (Å²) in [6.07, 6.45) is 2.18. The Labute approximate surface area is 246 Å². The number of nitrogens with zero attached hydrogens (tertiary/aromatic N) is 3. The van der Waals surface area contributed by atoms with Crippen molar-refractivity contribution < 1.29 is 0 Å². The van der Waals surface area contributed by atoms with Gasteiger partial charge in [0.05, 0.1) is 27.9 Å². The van der Waals surface area contributed by atoms with E-state index in [1.165, 1.54) is 52.9 Å². The second-order valence-electron chi connectivity index (χ2n) is 10.7. The third kappa shape index (κ3) is 3.46. The number of thiophene rings is 1. The predicted molar refractivity (Wildman–Crippen MR) is 180 cm³/mol. The van der Waals surface area contributed by atoms with Gasteiger partial charge in [0.1, 0.15) is 0 Å².